The zero-order valence-corrected chi connectivity index (χ0v) is 16.0. The molecule has 1 fully saturated rings. The van der Waals surface area contributed by atoms with Gasteiger partial charge in [0.15, 0.2) is 0 Å². The zero-order valence-electron chi connectivity index (χ0n) is 15.2. The van der Waals surface area contributed by atoms with Crippen molar-refractivity contribution < 1.29 is 13.2 Å². The van der Waals surface area contributed by atoms with Crippen molar-refractivity contribution in [3.63, 3.8) is 0 Å². The lowest BCUT2D eigenvalue weighted by molar-refractivity contribution is 0.0653. The van der Waals surface area contributed by atoms with E-state index < -0.39 is 15.3 Å². The van der Waals surface area contributed by atoms with Crippen LogP contribution in [0.5, 0.6) is 0 Å². The van der Waals surface area contributed by atoms with E-state index in [-0.39, 0.29) is 12.0 Å². The second kappa shape index (κ2) is 7.78. The molecule has 3 N–H and O–H groups in total. The highest BCUT2D eigenvalue weighted by molar-refractivity contribution is 7.90. The first-order valence-corrected chi connectivity index (χ1v) is 10.5. The van der Waals surface area contributed by atoms with E-state index in [1.54, 1.807) is 13.8 Å². The summed E-state index contributed by atoms with van der Waals surface area (Å²) in [4.78, 5) is 0. The number of hydrogen-bond acceptors (Lipinski definition) is 4. The Labute approximate surface area is 155 Å². The van der Waals surface area contributed by atoms with Gasteiger partial charge in [-0.05, 0) is 37.5 Å². The summed E-state index contributed by atoms with van der Waals surface area (Å²) >= 11 is 0. The lowest BCUT2D eigenvalue weighted by atomic mass is 9.88. The summed E-state index contributed by atoms with van der Waals surface area (Å²) in [5, 5.41) is -0.450. The number of nitrogen functional groups attached to an aromatic ring is 1. The number of rotatable bonds is 5. The van der Waals surface area contributed by atoms with Gasteiger partial charge >= 0.3 is 0 Å². The molecule has 0 radical (unpaired) electrons. The highest BCUT2D eigenvalue weighted by Gasteiger charge is 2.31. The summed E-state index contributed by atoms with van der Waals surface area (Å²) in [6.07, 6.45) is 0.671. The zero-order chi connectivity index (χ0) is 18.7. The van der Waals surface area contributed by atoms with Gasteiger partial charge in [0.1, 0.15) is 0 Å². The van der Waals surface area contributed by atoms with Crippen molar-refractivity contribution in [1.82, 2.24) is 4.72 Å². The number of ether oxygens (including phenoxy) is 1. The van der Waals surface area contributed by atoms with Crippen LogP contribution in [0.4, 0.5) is 5.69 Å². The first-order chi connectivity index (χ1) is 12.4. The Morgan fingerprint density at radius 2 is 1.81 bits per heavy atom. The van der Waals surface area contributed by atoms with E-state index in [2.05, 4.69) is 4.72 Å². The van der Waals surface area contributed by atoms with Crippen molar-refractivity contribution in [2.75, 3.05) is 18.9 Å². The molecule has 0 unspecified atom stereocenters. The minimum atomic E-state index is -3.32. The van der Waals surface area contributed by atoms with Gasteiger partial charge in [0.25, 0.3) is 0 Å². The molecular formula is C20H26N2O3S. The third-order valence-corrected chi connectivity index (χ3v) is 6.78. The summed E-state index contributed by atoms with van der Waals surface area (Å²) in [5.74, 6) is -0.000514. The number of para-hydroxylation sites is 1. The average molecular weight is 375 g/mol. The lowest BCUT2D eigenvalue weighted by Gasteiger charge is -2.33. The predicted molar refractivity (Wildman–Crippen MR) is 105 cm³/mol. The third-order valence-electron chi connectivity index (χ3n) is 4.90. The lowest BCUT2D eigenvalue weighted by Crippen LogP contribution is -2.46. The van der Waals surface area contributed by atoms with Gasteiger partial charge in [-0.15, -0.1) is 0 Å². The van der Waals surface area contributed by atoms with Gasteiger partial charge in [0, 0.05) is 29.8 Å². The van der Waals surface area contributed by atoms with Crippen molar-refractivity contribution >= 4 is 15.7 Å². The number of sulfonamides is 1. The summed E-state index contributed by atoms with van der Waals surface area (Å²) in [6, 6.07) is 15.7. The maximum absolute atomic E-state index is 12.3. The smallest absolute Gasteiger partial charge is 0.214 e. The SMILES string of the molecule is CC(C)S(=O)(=O)N[C@H]1CCOC[C@H]1c1ccc(-c2ccccc2N)cc1. The molecule has 0 aromatic heterocycles. The summed E-state index contributed by atoms with van der Waals surface area (Å²) < 4.78 is 33.1. The first-order valence-electron chi connectivity index (χ1n) is 8.92. The van der Waals surface area contributed by atoms with Crippen molar-refractivity contribution in [1.29, 1.82) is 0 Å². The average Bonchev–Trinajstić information content (AvgIpc) is 2.62. The first kappa shape index (κ1) is 18.9. The normalized spacial score (nSPS) is 21.0. The molecule has 1 heterocycles. The van der Waals surface area contributed by atoms with E-state index in [9.17, 15) is 8.42 Å². The van der Waals surface area contributed by atoms with Gasteiger partial charge in [-0.25, -0.2) is 13.1 Å². The van der Waals surface area contributed by atoms with Crippen LogP contribution in [0.3, 0.4) is 0 Å². The van der Waals surface area contributed by atoms with Crippen LogP contribution in [0, 0.1) is 0 Å². The Balaban J connectivity index is 1.83. The van der Waals surface area contributed by atoms with E-state index in [1.165, 1.54) is 0 Å². The topological polar surface area (TPSA) is 81.4 Å². The fraction of sp³-hybridized carbons (Fsp3) is 0.400. The van der Waals surface area contributed by atoms with Gasteiger partial charge in [0.2, 0.25) is 10.0 Å². The van der Waals surface area contributed by atoms with Crippen LogP contribution in [0.1, 0.15) is 31.7 Å². The molecule has 0 spiro atoms. The molecule has 1 aliphatic rings. The Kier molecular flexibility index (Phi) is 5.65. The fourth-order valence-electron chi connectivity index (χ4n) is 3.22. The Morgan fingerprint density at radius 1 is 1.12 bits per heavy atom. The second-order valence-corrected chi connectivity index (χ2v) is 9.27. The molecule has 6 heteroatoms. The van der Waals surface area contributed by atoms with Crippen molar-refractivity contribution in [2.24, 2.45) is 0 Å². The van der Waals surface area contributed by atoms with Gasteiger partial charge in [-0.3, -0.25) is 0 Å². The van der Waals surface area contributed by atoms with Gasteiger partial charge < -0.3 is 10.5 Å². The molecule has 140 valence electrons. The second-order valence-electron chi connectivity index (χ2n) is 7.00. The summed E-state index contributed by atoms with van der Waals surface area (Å²) in [5.41, 5.74) is 9.91. The van der Waals surface area contributed by atoms with E-state index in [1.807, 2.05) is 48.5 Å². The van der Waals surface area contributed by atoms with Crippen LogP contribution in [0.15, 0.2) is 48.5 Å². The van der Waals surface area contributed by atoms with E-state index in [0.717, 1.165) is 22.4 Å². The van der Waals surface area contributed by atoms with Gasteiger partial charge in [0.05, 0.1) is 11.9 Å². The minimum Gasteiger partial charge on any atom is -0.398 e. The van der Waals surface area contributed by atoms with E-state index >= 15 is 0 Å². The molecule has 3 rings (SSSR count). The molecule has 2 aromatic carbocycles. The maximum Gasteiger partial charge on any atom is 0.214 e. The number of nitrogens with one attached hydrogen (secondary N) is 1. The molecule has 1 saturated heterocycles. The molecule has 0 aliphatic carbocycles. The highest BCUT2D eigenvalue weighted by Crippen LogP contribution is 2.30. The summed E-state index contributed by atoms with van der Waals surface area (Å²) in [6.45, 7) is 4.46. The van der Waals surface area contributed by atoms with Gasteiger partial charge in [-0.2, -0.15) is 0 Å². The van der Waals surface area contributed by atoms with E-state index in [0.29, 0.717) is 19.6 Å². The maximum atomic E-state index is 12.3. The van der Waals surface area contributed by atoms with Crippen molar-refractivity contribution in [3.05, 3.63) is 54.1 Å². The molecule has 0 saturated carbocycles. The highest BCUT2D eigenvalue weighted by atomic mass is 32.2. The molecule has 0 amide bonds. The molecular weight excluding hydrogens is 348 g/mol. The van der Waals surface area contributed by atoms with E-state index in [4.69, 9.17) is 10.5 Å². The van der Waals surface area contributed by atoms with Crippen LogP contribution in [0.2, 0.25) is 0 Å². The predicted octanol–water partition coefficient (Wildman–Crippen LogP) is 3.14. The standard InChI is InChI=1S/C20H26N2O3S/c1-14(2)26(23,24)22-20-11-12-25-13-18(20)16-9-7-15(8-10-16)17-5-3-4-6-19(17)21/h3-10,14,18,20,22H,11-13,21H2,1-2H3/t18-,20-/m0/s1. The van der Waals surface area contributed by atoms with Crippen LogP contribution in [0.25, 0.3) is 11.1 Å². The largest absolute Gasteiger partial charge is 0.398 e. The third kappa shape index (κ3) is 4.09. The number of anilines is 1. The van der Waals surface area contributed by atoms with Crippen molar-refractivity contribution in [2.45, 2.75) is 37.5 Å². The van der Waals surface area contributed by atoms with Gasteiger partial charge in [-0.1, -0.05) is 42.5 Å². The Morgan fingerprint density at radius 3 is 2.46 bits per heavy atom. The Hall–Kier alpha value is -1.89. The molecule has 5 nitrogen and oxygen atoms in total. The molecule has 2 atom stereocenters. The Bertz CT molecular complexity index is 848. The van der Waals surface area contributed by atoms with Crippen LogP contribution in [-0.4, -0.2) is 32.9 Å². The number of nitrogens with two attached hydrogens (primary N) is 1. The monoisotopic (exact) mass is 374 g/mol. The number of hydrogen-bond donors (Lipinski definition) is 2. The molecule has 2 aromatic rings. The fourth-order valence-corrected chi connectivity index (χ4v) is 4.20. The van der Waals surface area contributed by atoms with Crippen molar-refractivity contribution in [3.8, 4) is 11.1 Å². The summed E-state index contributed by atoms with van der Waals surface area (Å²) in [7, 11) is -3.32. The number of benzene rings is 2. The molecule has 26 heavy (non-hydrogen) atoms. The van der Waals surface area contributed by atoms with Crippen LogP contribution in [-0.2, 0) is 14.8 Å². The molecule has 1 aliphatic heterocycles. The minimum absolute atomic E-state index is 0.000514. The van der Waals surface area contributed by atoms with Crippen LogP contribution < -0.4 is 10.5 Å². The van der Waals surface area contributed by atoms with Crippen LogP contribution >= 0.6 is 0 Å². The molecule has 0 bridgehead atoms. The quantitative estimate of drug-likeness (QED) is 0.788.